The summed E-state index contributed by atoms with van der Waals surface area (Å²) in [7, 11) is -0.684. The van der Waals surface area contributed by atoms with Crippen LogP contribution in [0.3, 0.4) is 0 Å². The Morgan fingerprint density at radius 3 is 2.55 bits per heavy atom. The van der Waals surface area contributed by atoms with Crippen LogP contribution in [0, 0.1) is 0 Å². The Morgan fingerprint density at radius 2 is 1.83 bits per heavy atom. The van der Waals surface area contributed by atoms with E-state index in [9.17, 15) is 8.42 Å². The molecule has 0 aliphatic carbocycles. The first kappa shape index (κ1) is 30.5. The molecule has 1 aromatic heterocycles. The van der Waals surface area contributed by atoms with E-state index in [2.05, 4.69) is 43.3 Å². The van der Waals surface area contributed by atoms with Crippen molar-refractivity contribution in [2.75, 3.05) is 70.3 Å². The van der Waals surface area contributed by atoms with Gasteiger partial charge in [0.1, 0.15) is 21.5 Å². The maximum Gasteiger partial charge on any atom is 0.244 e. The van der Waals surface area contributed by atoms with E-state index in [0.29, 0.717) is 36.4 Å². The minimum atomic E-state index is -3.68. The molecule has 5 rings (SSSR count). The number of morpholine rings is 1. The minimum absolute atomic E-state index is 0.134. The van der Waals surface area contributed by atoms with Gasteiger partial charge in [-0.1, -0.05) is 29.8 Å². The van der Waals surface area contributed by atoms with E-state index in [1.807, 2.05) is 6.92 Å². The fraction of sp³-hybridized carbons (Fsp3) is 0.467. The number of piperidine rings is 1. The van der Waals surface area contributed by atoms with Gasteiger partial charge in [-0.05, 0) is 38.0 Å². The largest absolute Gasteiger partial charge is 0.494 e. The SMILES string of the molecule is CCOc1cc(N2CCC(N3CCOCC3)CC2)ccc1Cc1ncc(Cl)c(Nc2ccccc2S(=O)(=O)N(C)C)n1. The second kappa shape index (κ2) is 13.6. The van der Waals surface area contributed by atoms with Crippen molar-refractivity contribution in [2.45, 2.75) is 37.1 Å². The molecule has 2 saturated heterocycles. The second-order valence-electron chi connectivity index (χ2n) is 10.7. The van der Waals surface area contributed by atoms with Gasteiger partial charge in [0.15, 0.2) is 5.82 Å². The highest BCUT2D eigenvalue weighted by Crippen LogP contribution is 2.32. The Morgan fingerprint density at radius 1 is 1.10 bits per heavy atom. The predicted molar refractivity (Wildman–Crippen MR) is 166 cm³/mol. The van der Waals surface area contributed by atoms with E-state index in [1.165, 1.54) is 24.6 Å². The number of rotatable bonds is 10. The van der Waals surface area contributed by atoms with Crippen molar-refractivity contribution in [3.8, 4) is 5.75 Å². The molecule has 0 atom stereocenters. The molecule has 42 heavy (non-hydrogen) atoms. The summed E-state index contributed by atoms with van der Waals surface area (Å²) < 4.78 is 38.5. The van der Waals surface area contributed by atoms with Gasteiger partial charge in [-0.2, -0.15) is 0 Å². The number of anilines is 3. The van der Waals surface area contributed by atoms with Crippen molar-refractivity contribution in [3.63, 3.8) is 0 Å². The second-order valence-corrected chi connectivity index (χ2v) is 13.2. The molecule has 12 heteroatoms. The molecule has 3 heterocycles. The number of ether oxygens (including phenoxy) is 2. The average molecular weight is 615 g/mol. The lowest BCUT2D eigenvalue weighted by molar-refractivity contribution is 0.0115. The van der Waals surface area contributed by atoms with E-state index >= 15 is 0 Å². The Labute approximate surface area is 253 Å². The van der Waals surface area contributed by atoms with E-state index < -0.39 is 10.0 Å². The standard InChI is InChI=1S/C30H39ClN6O4S/c1-4-41-27-20-24(36-13-11-23(12-14-36)37-15-17-40-18-16-37)10-9-22(27)19-29-32-21-25(31)30(34-29)33-26-7-5-6-8-28(26)42(38,39)35(2)3/h5-10,20-21,23H,4,11-19H2,1-3H3,(H,32,33,34). The van der Waals surface area contributed by atoms with Crippen LogP contribution in [0.5, 0.6) is 5.75 Å². The van der Waals surface area contributed by atoms with E-state index in [1.54, 1.807) is 24.3 Å². The molecule has 2 aliphatic heterocycles. The van der Waals surface area contributed by atoms with Crippen molar-refractivity contribution in [3.05, 3.63) is 65.1 Å². The molecule has 1 N–H and O–H groups in total. The van der Waals surface area contributed by atoms with E-state index in [0.717, 1.165) is 69.2 Å². The third-order valence-electron chi connectivity index (χ3n) is 7.78. The number of nitrogens with one attached hydrogen (secondary N) is 1. The molecule has 0 bridgehead atoms. The van der Waals surface area contributed by atoms with Gasteiger partial charge in [0.05, 0.1) is 31.7 Å². The predicted octanol–water partition coefficient (Wildman–Crippen LogP) is 4.41. The van der Waals surface area contributed by atoms with Crippen LogP contribution >= 0.6 is 11.6 Å². The van der Waals surface area contributed by atoms with Crippen LogP contribution in [-0.2, 0) is 21.2 Å². The van der Waals surface area contributed by atoms with Crippen molar-refractivity contribution >= 4 is 38.8 Å². The fourth-order valence-corrected chi connectivity index (χ4v) is 6.65. The number of hydrogen-bond acceptors (Lipinski definition) is 9. The summed E-state index contributed by atoms with van der Waals surface area (Å²) in [4.78, 5) is 14.2. The maximum absolute atomic E-state index is 12.9. The lowest BCUT2D eigenvalue weighted by Gasteiger charge is -2.41. The number of hydrogen-bond donors (Lipinski definition) is 1. The van der Waals surface area contributed by atoms with Gasteiger partial charge in [0.25, 0.3) is 0 Å². The van der Waals surface area contributed by atoms with Crippen LogP contribution in [0.1, 0.15) is 31.2 Å². The summed E-state index contributed by atoms with van der Waals surface area (Å²) in [5.41, 5.74) is 2.50. The van der Waals surface area contributed by atoms with Crippen LogP contribution in [0.4, 0.5) is 17.2 Å². The highest BCUT2D eigenvalue weighted by atomic mass is 35.5. The first-order valence-corrected chi connectivity index (χ1v) is 16.2. The van der Waals surface area contributed by atoms with Crippen molar-refractivity contribution in [2.24, 2.45) is 0 Å². The zero-order valence-electron chi connectivity index (χ0n) is 24.4. The Hall–Kier alpha value is -2.96. The molecule has 10 nitrogen and oxygen atoms in total. The van der Waals surface area contributed by atoms with Gasteiger partial charge in [-0.15, -0.1) is 0 Å². The Bertz CT molecular complexity index is 1470. The molecule has 0 radical (unpaired) electrons. The summed E-state index contributed by atoms with van der Waals surface area (Å²) >= 11 is 6.44. The van der Waals surface area contributed by atoms with Gasteiger partial charge >= 0.3 is 0 Å². The Balaban J connectivity index is 1.32. The van der Waals surface area contributed by atoms with Crippen molar-refractivity contribution < 1.29 is 17.9 Å². The average Bonchev–Trinajstić information content (AvgIpc) is 3.00. The molecule has 226 valence electrons. The molecular formula is C30H39ClN6O4S. The fourth-order valence-electron chi connectivity index (χ4n) is 5.47. The maximum atomic E-state index is 12.9. The molecule has 0 saturated carbocycles. The van der Waals surface area contributed by atoms with E-state index in [4.69, 9.17) is 21.1 Å². The monoisotopic (exact) mass is 614 g/mol. The zero-order valence-corrected chi connectivity index (χ0v) is 26.0. The van der Waals surface area contributed by atoms with Crippen molar-refractivity contribution in [1.29, 1.82) is 0 Å². The summed E-state index contributed by atoms with van der Waals surface area (Å²) in [6.07, 6.45) is 4.24. The smallest absolute Gasteiger partial charge is 0.244 e. The minimum Gasteiger partial charge on any atom is -0.494 e. The number of para-hydroxylation sites is 1. The van der Waals surface area contributed by atoms with Gasteiger partial charge in [-0.25, -0.2) is 22.7 Å². The molecule has 3 aromatic rings. The number of halogens is 1. The third-order valence-corrected chi connectivity index (χ3v) is 9.93. The number of nitrogens with zero attached hydrogens (tertiary/aromatic N) is 5. The normalized spacial score (nSPS) is 17.0. The number of sulfonamides is 1. The van der Waals surface area contributed by atoms with Crippen LogP contribution in [0.15, 0.2) is 53.6 Å². The summed E-state index contributed by atoms with van der Waals surface area (Å²) in [5.74, 6) is 1.68. The molecule has 2 aliphatic rings. The summed E-state index contributed by atoms with van der Waals surface area (Å²) in [5, 5.41) is 3.40. The molecule has 2 aromatic carbocycles. The molecule has 0 amide bonds. The highest BCUT2D eigenvalue weighted by molar-refractivity contribution is 7.89. The van der Waals surface area contributed by atoms with Crippen LogP contribution in [0.25, 0.3) is 0 Å². The lowest BCUT2D eigenvalue weighted by Crippen LogP contribution is -2.49. The molecule has 0 spiro atoms. The summed E-state index contributed by atoms with van der Waals surface area (Å²) in [6.45, 7) is 8.25. The highest BCUT2D eigenvalue weighted by Gasteiger charge is 2.26. The van der Waals surface area contributed by atoms with Gasteiger partial charge in [0, 0.05) is 70.1 Å². The molecular weight excluding hydrogens is 576 g/mol. The first-order valence-electron chi connectivity index (χ1n) is 14.4. The number of benzene rings is 2. The zero-order chi connectivity index (χ0) is 29.7. The van der Waals surface area contributed by atoms with Gasteiger partial charge in [0.2, 0.25) is 10.0 Å². The molecule has 0 unspecified atom stereocenters. The van der Waals surface area contributed by atoms with Gasteiger partial charge in [-0.3, -0.25) is 4.90 Å². The van der Waals surface area contributed by atoms with Crippen LogP contribution in [-0.4, -0.2) is 93.7 Å². The van der Waals surface area contributed by atoms with Crippen LogP contribution in [0.2, 0.25) is 5.02 Å². The Kier molecular flexibility index (Phi) is 9.85. The van der Waals surface area contributed by atoms with Gasteiger partial charge < -0.3 is 19.7 Å². The molecule has 2 fully saturated rings. The summed E-state index contributed by atoms with van der Waals surface area (Å²) in [6, 6.07) is 13.6. The number of aromatic nitrogens is 2. The van der Waals surface area contributed by atoms with Crippen LogP contribution < -0.4 is 15.0 Å². The third kappa shape index (κ3) is 6.98. The lowest BCUT2D eigenvalue weighted by atomic mass is 10.0. The van der Waals surface area contributed by atoms with Crippen molar-refractivity contribution in [1.82, 2.24) is 19.2 Å². The van der Waals surface area contributed by atoms with E-state index in [-0.39, 0.29) is 9.92 Å². The topological polar surface area (TPSA) is 100 Å². The first-order chi connectivity index (χ1) is 20.3. The quantitative estimate of drug-likeness (QED) is 0.356.